The molecule has 0 saturated heterocycles. The zero-order chi connectivity index (χ0) is 19.4. The maximum atomic E-state index is 12.5. The SMILES string of the molecule is COc1cc2[nH]cc(CC(=O)Nc3ccc(C#N)cc3)c2c(OC)c1OC. The molecule has 0 bridgehead atoms. The summed E-state index contributed by atoms with van der Waals surface area (Å²) in [5.74, 6) is 1.34. The molecule has 27 heavy (non-hydrogen) atoms. The zero-order valence-electron chi connectivity index (χ0n) is 15.3. The summed E-state index contributed by atoms with van der Waals surface area (Å²) in [5, 5.41) is 12.4. The largest absolute Gasteiger partial charge is 0.493 e. The Morgan fingerprint density at radius 2 is 1.81 bits per heavy atom. The number of carbonyl (C=O) groups excluding carboxylic acids is 1. The number of nitriles is 1. The van der Waals surface area contributed by atoms with E-state index in [4.69, 9.17) is 19.5 Å². The highest BCUT2D eigenvalue weighted by molar-refractivity contribution is 5.99. The van der Waals surface area contributed by atoms with Crippen LogP contribution in [0.5, 0.6) is 17.2 Å². The fourth-order valence-electron chi connectivity index (χ4n) is 2.97. The molecule has 0 saturated carbocycles. The number of anilines is 1. The van der Waals surface area contributed by atoms with Crippen LogP contribution in [-0.4, -0.2) is 32.2 Å². The van der Waals surface area contributed by atoms with Crippen LogP contribution in [0, 0.1) is 11.3 Å². The van der Waals surface area contributed by atoms with E-state index < -0.39 is 0 Å². The molecule has 138 valence electrons. The van der Waals surface area contributed by atoms with Gasteiger partial charge in [-0.15, -0.1) is 0 Å². The van der Waals surface area contributed by atoms with Crippen molar-refractivity contribution in [2.75, 3.05) is 26.6 Å². The van der Waals surface area contributed by atoms with Gasteiger partial charge in [-0.25, -0.2) is 0 Å². The number of nitrogens with one attached hydrogen (secondary N) is 2. The number of benzene rings is 2. The van der Waals surface area contributed by atoms with Crippen LogP contribution in [0.1, 0.15) is 11.1 Å². The van der Waals surface area contributed by atoms with Gasteiger partial charge in [0.05, 0.1) is 44.9 Å². The van der Waals surface area contributed by atoms with E-state index in [9.17, 15) is 4.79 Å². The first-order valence-electron chi connectivity index (χ1n) is 8.20. The van der Waals surface area contributed by atoms with Crippen LogP contribution in [0.15, 0.2) is 36.5 Å². The summed E-state index contributed by atoms with van der Waals surface area (Å²) >= 11 is 0. The molecule has 2 N–H and O–H groups in total. The van der Waals surface area contributed by atoms with Crippen molar-refractivity contribution in [2.45, 2.75) is 6.42 Å². The number of rotatable bonds is 6. The predicted octanol–water partition coefficient (Wildman–Crippen LogP) is 3.25. The Labute approximate surface area is 156 Å². The lowest BCUT2D eigenvalue weighted by Gasteiger charge is -2.14. The number of carbonyl (C=O) groups is 1. The molecule has 0 atom stereocenters. The van der Waals surface area contributed by atoms with Gasteiger partial charge < -0.3 is 24.5 Å². The van der Waals surface area contributed by atoms with E-state index in [1.54, 1.807) is 50.7 Å². The lowest BCUT2D eigenvalue weighted by molar-refractivity contribution is -0.115. The topological polar surface area (TPSA) is 96.4 Å². The Kier molecular flexibility index (Phi) is 5.18. The molecule has 1 amide bonds. The maximum Gasteiger partial charge on any atom is 0.228 e. The third-order valence-corrected chi connectivity index (χ3v) is 4.20. The van der Waals surface area contributed by atoms with Gasteiger partial charge in [-0.2, -0.15) is 5.26 Å². The van der Waals surface area contributed by atoms with Gasteiger partial charge in [0.25, 0.3) is 0 Å². The Morgan fingerprint density at radius 1 is 1.11 bits per heavy atom. The highest BCUT2D eigenvalue weighted by Crippen LogP contribution is 2.44. The lowest BCUT2D eigenvalue weighted by atomic mass is 10.1. The highest BCUT2D eigenvalue weighted by atomic mass is 16.5. The van der Waals surface area contributed by atoms with Crippen molar-refractivity contribution in [3.63, 3.8) is 0 Å². The minimum atomic E-state index is -0.183. The number of hydrogen-bond acceptors (Lipinski definition) is 5. The standard InChI is InChI=1S/C20H19N3O4/c1-25-16-9-15-18(20(27-3)19(16)26-2)13(11-22-15)8-17(24)23-14-6-4-12(10-21)5-7-14/h4-7,9,11,22H,8H2,1-3H3,(H,23,24). The van der Waals surface area contributed by atoms with Crippen molar-refractivity contribution in [1.29, 1.82) is 5.26 Å². The molecule has 3 aromatic rings. The van der Waals surface area contributed by atoms with Crippen LogP contribution >= 0.6 is 0 Å². The second-order valence-electron chi connectivity index (χ2n) is 5.80. The summed E-state index contributed by atoms with van der Waals surface area (Å²) in [4.78, 5) is 15.6. The Morgan fingerprint density at radius 3 is 2.41 bits per heavy atom. The van der Waals surface area contributed by atoms with Crippen molar-refractivity contribution in [3.8, 4) is 23.3 Å². The van der Waals surface area contributed by atoms with E-state index >= 15 is 0 Å². The van der Waals surface area contributed by atoms with Gasteiger partial charge in [0, 0.05) is 23.3 Å². The van der Waals surface area contributed by atoms with Crippen LogP contribution in [0.3, 0.4) is 0 Å². The Hall–Kier alpha value is -3.66. The predicted molar refractivity (Wildman–Crippen MR) is 101 cm³/mol. The van der Waals surface area contributed by atoms with E-state index in [1.165, 1.54) is 7.11 Å². The minimum absolute atomic E-state index is 0.145. The third kappa shape index (κ3) is 3.51. The summed E-state index contributed by atoms with van der Waals surface area (Å²) in [6.07, 6.45) is 1.91. The van der Waals surface area contributed by atoms with Crippen LogP contribution in [-0.2, 0) is 11.2 Å². The average molecular weight is 365 g/mol. The summed E-state index contributed by atoms with van der Waals surface area (Å²) in [7, 11) is 4.64. The number of methoxy groups -OCH3 is 3. The van der Waals surface area contributed by atoms with Gasteiger partial charge in [0.15, 0.2) is 11.5 Å². The van der Waals surface area contributed by atoms with Gasteiger partial charge in [-0.1, -0.05) is 0 Å². The molecule has 0 aliphatic heterocycles. The van der Waals surface area contributed by atoms with Crippen molar-refractivity contribution in [2.24, 2.45) is 0 Å². The second kappa shape index (κ2) is 7.70. The second-order valence-corrected chi connectivity index (χ2v) is 5.80. The molecule has 0 aliphatic carbocycles. The van der Waals surface area contributed by atoms with Crippen molar-refractivity contribution in [3.05, 3.63) is 47.7 Å². The molecule has 7 nitrogen and oxygen atoms in total. The third-order valence-electron chi connectivity index (χ3n) is 4.20. The first-order chi connectivity index (χ1) is 13.1. The minimum Gasteiger partial charge on any atom is -0.493 e. The van der Waals surface area contributed by atoms with E-state index in [0.29, 0.717) is 28.5 Å². The van der Waals surface area contributed by atoms with Crippen molar-refractivity contribution < 1.29 is 19.0 Å². The van der Waals surface area contributed by atoms with Gasteiger partial charge in [0.1, 0.15) is 0 Å². The molecule has 0 radical (unpaired) electrons. The molecule has 0 spiro atoms. The lowest BCUT2D eigenvalue weighted by Crippen LogP contribution is -2.14. The number of aromatic nitrogens is 1. The maximum absolute atomic E-state index is 12.5. The summed E-state index contributed by atoms with van der Waals surface area (Å²) in [6.45, 7) is 0. The number of aromatic amines is 1. The number of H-pyrrole nitrogens is 1. The number of fused-ring (bicyclic) bond motifs is 1. The van der Waals surface area contributed by atoms with Gasteiger partial charge in [-0.05, 0) is 29.8 Å². The summed E-state index contributed by atoms with van der Waals surface area (Å²) in [5.41, 5.74) is 2.72. The molecule has 1 aromatic heterocycles. The molecule has 3 rings (SSSR count). The Balaban J connectivity index is 1.90. The van der Waals surface area contributed by atoms with Crippen LogP contribution in [0.4, 0.5) is 5.69 Å². The first-order valence-corrected chi connectivity index (χ1v) is 8.20. The number of ether oxygens (including phenoxy) is 3. The van der Waals surface area contributed by atoms with Crippen LogP contribution < -0.4 is 19.5 Å². The van der Waals surface area contributed by atoms with Crippen LogP contribution in [0.25, 0.3) is 10.9 Å². The fourth-order valence-corrected chi connectivity index (χ4v) is 2.97. The quantitative estimate of drug-likeness (QED) is 0.699. The zero-order valence-corrected chi connectivity index (χ0v) is 15.3. The first kappa shape index (κ1) is 18.1. The number of amides is 1. The smallest absolute Gasteiger partial charge is 0.228 e. The van der Waals surface area contributed by atoms with E-state index in [2.05, 4.69) is 10.3 Å². The van der Waals surface area contributed by atoms with Crippen LogP contribution in [0.2, 0.25) is 0 Å². The molecule has 0 unspecified atom stereocenters. The van der Waals surface area contributed by atoms with Gasteiger partial charge in [-0.3, -0.25) is 4.79 Å². The van der Waals surface area contributed by atoms with Crippen molar-refractivity contribution in [1.82, 2.24) is 4.98 Å². The number of nitrogens with zero attached hydrogens (tertiary/aromatic N) is 1. The normalized spacial score (nSPS) is 10.3. The average Bonchev–Trinajstić information content (AvgIpc) is 3.09. The molecule has 0 aliphatic rings. The molecule has 0 fully saturated rings. The van der Waals surface area contributed by atoms with E-state index in [-0.39, 0.29) is 12.3 Å². The molecule has 1 heterocycles. The van der Waals surface area contributed by atoms with E-state index in [1.807, 2.05) is 6.07 Å². The molecular formula is C20H19N3O4. The summed E-state index contributed by atoms with van der Waals surface area (Å²) in [6, 6.07) is 10.5. The van der Waals surface area contributed by atoms with E-state index in [0.717, 1.165) is 16.5 Å². The number of hydrogen-bond donors (Lipinski definition) is 2. The molecule has 7 heteroatoms. The molecule has 2 aromatic carbocycles. The van der Waals surface area contributed by atoms with Gasteiger partial charge >= 0.3 is 0 Å². The highest BCUT2D eigenvalue weighted by Gasteiger charge is 2.20. The monoisotopic (exact) mass is 365 g/mol. The summed E-state index contributed by atoms with van der Waals surface area (Å²) < 4.78 is 16.3. The van der Waals surface area contributed by atoms with Gasteiger partial charge in [0.2, 0.25) is 11.7 Å². The fraction of sp³-hybridized carbons (Fsp3) is 0.200. The molecular weight excluding hydrogens is 346 g/mol. The van der Waals surface area contributed by atoms with Crippen molar-refractivity contribution >= 4 is 22.5 Å². The Bertz CT molecular complexity index is 1020.